The lowest BCUT2D eigenvalue weighted by Gasteiger charge is -2.24. The van der Waals surface area contributed by atoms with Gasteiger partial charge in [0.05, 0.1) is 6.54 Å². The van der Waals surface area contributed by atoms with Gasteiger partial charge in [0.1, 0.15) is 11.4 Å². The summed E-state index contributed by atoms with van der Waals surface area (Å²) in [6.07, 6.45) is 3.15. The van der Waals surface area contributed by atoms with Crippen LogP contribution in [0.4, 0.5) is 14.9 Å². The van der Waals surface area contributed by atoms with E-state index in [0.29, 0.717) is 25.1 Å². The molecule has 152 valence electrons. The van der Waals surface area contributed by atoms with Crippen molar-refractivity contribution in [3.05, 3.63) is 52.5 Å². The van der Waals surface area contributed by atoms with Crippen molar-refractivity contribution in [2.24, 2.45) is 0 Å². The van der Waals surface area contributed by atoms with Crippen LogP contribution in [0.25, 0.3) is 0 Å². The Balaban J connectivity index is 1.47. The number of amides is 4. The summed E-state index contributed by atoms with van der Waals surface area (Å²) in [5.74, 6) is -0.823. The van der Waals surface area contributed by atoms with Gasteiger partial charge in [-0.3, -0.25) is 14.5 Å². The van der Waals surface area contributed by atoms with Crippen molar-refractivity contribution in [2.45, 2.75) is 44.2 Å². The predicted molar refractivity (Wildman–Crippen MR) is 108 cm³/mol. The third-order valence-electron chi connectivity index (χ3n) is 5.59. The van der Waals surface area contributed by atoms with Crippen LogP contribution in [0.2, 0.25) is 0 Å². The topological polar surface area (TPSA) is 69.7 Å². The lowest BCUT2D eigenvalue weighted by atomic mass is 9.98. The van der Waals surface area contributed by atoms with Crippen LogP contribution >= 0.6 is 11.3 Å². The minimum atomic E-state index is -0.770. The maximum atomic E-state index is 13.3. The molecule has 1 saturated heterocycles. The number of urea groups is 1. The Bertz CT molecular complexity index is 908. The Morgan fingerprint density at radius 1 is 1.17 bits per heavy atom. The van der Waals surface area contributed by atoms with Crippen molar-refractivity contribution in [1.29, 1.82) is 0 Å². The van der Waals surface area contributed by atoms with Gasteiger partial charge in [-0.25, -0.2) is 9.18 Å². The molecule has 2 heterocycles. The van der Waals surface area contributed by atoms with Crippen LogP contribution in [-0.4, -0.2) is 34.8 Å². The van der Waals surface area contributed by atoms with E-state index in [-0.39, 0.29) is 30.6 Å². The van der Waals surface area contributed by atoms with Crippen LogP contribution in [0.1, 0.15) is 37.0 Å². The van der Waals surface area contributed by atoms with Gasteiger partial charge in [0.2, 0.25) is 5.91 Å². The zero-order chi connectivity index (χ0) is 20.4. The fourth-order valence-electron chi connectivity index (χ4n) is 4.04. The summed E-state index contributed by atoms with van der Waals surface area (Å²) in [5.41, 5.74) is -0.192. The zero-order valence-corrected chi connectivity index (χ0v) is 16.7. The number of rotatable bonds is 6. The van der Waals surface area contributed by atoms with E-state index in [1.54, 1.807) is 17.0 Å². The molecule has 2 fully saturated rings. The summed E-state index contributed by atoms with van der Waals surface area (Å²) in [6, 6.07) is 9.15. The number of nitrogens with zero attached hydrogens (tertiary/aromatic N) is 2. The molecule has 1 saturated carbocycles. The standard InChI is InChI=1S/C21H22FN3O3S/c22-15-5-7-16(8-6-15)25(14-17-4-3-13-29-17)18(26)9-12-24-19(27)21(23-20(24)28)10-1-2-11-21/h3-8,13H,1-2,9-12,14H2,(H,23,28). The number of carbonyl (C=O) groups is 3. The SMILES string of the molecule is O=C1NC2(CCCC2)C(=O)N1CCC(=O)N(Cc1cccs1)c1ccc(F)cc1. The number of hydrogen-bond donors (Lipinski definition) is 1. The normalized spacial score (nSPS) is 17.8. The molecule has 0 radical (unpaired) electrons. The van der Waals surface area contributed by atoms with E-state index < -0.39 is 11.6 Å². The van der Waals surface area contributed by atoms with Crippen LogP contribution in [0.3, 0.4) is 0 Å². The van der Waals surface area contributed by atoms with Gasteiger partial charge in [-0.05, 0) is 48.6 Å². The van der Waals surface area contributed by atoms with Crippen molar-refractivity contribution >= 4 is 34.9 Å². The summed E-state index contributed by atoms with van der Waals surface area (Å²) >= 11 is 1.53. The second-order valence-corrected chi connectivity index (χ2v) is 8.49. The van der Waals surface area contributed by atoms with Crippen molar-refractivity contribution in [3.8, 4) is 0 Å². The van der Waals surface area contributed by atoms with Crippen molar-refractivity contribution in [2.75, 3.05) is 11.4 Å². The molecule has 8 heteroatoms. The third-order valence-corrected chi connectivity index (χ3v) is 6.45. The summed E-state index contributed by atoms with van der Waals surface area (Å²) in [4.78, 5) is 41.8. The Hall–Kier alpha value is -2.74. The first kappa shape index (κ1) is 19.6. The van der Waals surface area contributed by atoms with Crippen LogP contribution in [0.15, 0.2) is 41.8 Å². The maximum absolute atomic E-state index is 13.3. The van der Waals surface area contributed by atoms with Gasteiger partial charge >= 0.3 is 6.03 Å². The van der Waals surface area contributed by atoms with Crippen LogP contribution in [0.5, 0.6) is 0 Å². The number of carbonyl (C=O) groups excluding carboxylic acids is 3. The number of imide groups is 1. The lowest BCUT2D eigenvalue weighted by molar-refractivity contribution is -0.131. The van der Waals surface area contributed by atoms with E-state index in [1.165, 1.54) is 23.5 Å². The first-order valence-corrected chi connectivity index (χ1v) is 10.6. The fraction of sp³-hybridized carbons (Fsp3) is 0.381. The first-order chi connectivity index (χ1) is 14.0. The molecule has 0 unspecified atom stereocenters. The molecule has 1 aliphatic heterocycles. The van der Waals surface area contributed by atoms with E-state index >= 15 is 0 Å². The van der Waals surface area contributed by atoms with Gasteiger partial charge in [-0.1, -0.05) is 18.9 Å². The smallest absolute Gasteiger partial charge is 0.323 e. The third kappa shape index (κ3) is 3.89. The van der Waals surface area contributed by atoms with Gasteiger partial charge < -0.3 is 10.2 Å². The maximum Gasteiger partial charge on any atom is 0.325 e. The minimum absolute atomic E-state index is 0.0119. The number of anilines is 1. The summed E-state index contributed by atoms with van der Waals surface area (Å²) < 4.78 is 13.3. The monoisotopic (exact) mass is 415 g/mol. The molecule has 1 spiro atoms. The highest BCUT2D eigenvalue weighted by Gasteiger charge is 2.52. The Morgan fingerprint density at radius 3 is 2.55 bits per heavy atom. The number of hydrogen-bond acceptors (Lipinski definition) is 4. The average Bonchev–Trinajstić information content (AvgIpc) is 3.43. The van der Waals surface area contributed by atoms with E-state index in [4.69, 9.17) is 0 Å². The second kappa shape index (κ2) is 7.94. The fourth-order valence-corrected chi connectivity index (χ4v) is 4.73. The molecule has 6 nitrogen and oxygen atoms in total. The van der Waals surface area contributed by atoms with Crippen molar-refractivity contribution in [1.82, 2.24) is 10.2 Å². The molecule has 1 aromatic carbocycles. The molecule has 1 N–H and O–H groups in total. The summed E-state index contributed by atoms with van der Waals surface area (Å²) in [5, 5.41) is 4.76. The van der Waals surface area contributed by atoms with Crippen molar-refractivity contribution < 1.29 is 18.8 Å². The first-order valence-electron chi connectivity index (χ1n) is 9.71. The number of halogens is 1. The molecule has 1 aromatic heterocycles. The van der Waals surface area contributed by atoms with E-state index in [9.17, 15) is 18.8 Å². The summed E-state index contributed by atoms with van der Waals surface area (Å²) in [7, 11) is 0. The lowest BCUT2D eigenvalue weighted by Crippen LogP contribution is -2.44. The largest absolute Gasteiger partial charge is 0.325 e. The highest BCUT2D eigenvalue weighted by molar-refractivity contribution is 7.09. The van der Waals surface area contributed by atoms with Gasteiger partial charge in [-0.2, -0.15) is 0 Å². The zero-order valence-electron chi connectivity index (χ0n) is 15.9. The molecular weight excluding hydrogens is 393 g/mol. The number of benzene rings is 1. The van der Waals surface area contributed by atoms with Gasteiger partial charge in [0.25, 0.3) is 5.91 Å². The molecule has 4 amide bonds. The Labute approximate surface area is 172 Å². The highest BCUT2D eigenvalue weighted by Crippen LogP contribution is 2.35. The molecular formula is C21H22FN3O3S. The quantitative estimate of drug-likeness (QED) is 0.732. The molecule has 2 aliphatic rings. The van der Waals surface area contributed by atoms with Crippen LogP contribution in [0, 0.1) is 5.82 Å². The minimum Gasteiger partial charge on any atom is -0.323 e. The number of thiophene rings is 1. The van der Waals surface area contributed by atoms with Gasteiger partial charge in [0, 0.05) is 23.5 Å². The average molecular weight is 415 g/mol. The molecule has 29 heavy (non-hydrogen) atoms. The van der Waals surface area contributed by atoms with Crippen LogP contribution < -0.4 is 10.2 Å². The molecule has 0 bridgehead atoms. The van der Waals surface area contributed by atoms with Crippen molar-refractivity contribution in [3.63, 3.8) is 0 Å². The number of nitrogens with one attached hydrogen (secondary N) is 1. The second-order valence-electron chi connectivity index (χ2n) is 7.46. The summed E-state index contributed by atoms with van der Waals surface area (Å²) in [6.45, 7) is 0.388. The predicted octanol–water partition coefficient (Wildman–Crippen LogP) is 3.68. The van der Waals surface area contributed by atoms with Gasteiger partial charge in [-0.15, -0.1) is 11.3 Å². The molecule has 2 aromatic rings. The molecule has 4 rings (SSSR count). The van der Waals surface area contributed by atoms with E-state index in [1.807, 2.05) is 17.5 Å². The Kier molecular flexibility index (Phi) is 5.36. The molecule has 0 atom stereocenters. The van der Waals surface area contributed by atoms with E-state index in [0.717, 1.165) is 22.6 Å². The van der Waals surface area contributed by atoms with Gasteiger partial charge in [0.15, 0.2) is 0 Å². The molecule has 1 aliphatic carbocycles. The Morgan fingerprint density at radius 2 is 1.90 bits per heavy atom. The van der Waals surface area contributed by atoms with E-state index in [2.05, 4.69) is 5.32 Å². The highest BCUT2D eigenvalue weighted by atomic mass is 32.1. The van der Waals surface area contributed by atoms with Crippen LogP contribution in [-0.2, 0) is 16.1 Å².